The van der Waals surface area contributed by atoms with E-state index in [4.69, 9.17) is 8.83 Å². The van der Waals surface area contributed by atoms with Crippen molar-refractivity contribution < 1.29 is 8.83 Å². The maximum absolute atomic E-state index is 7.33. The summed E-state index contributed by atoms with van der Waals surface area (Å²) in [5.41, 5.74) is 18.5. The highest BCUT2D eigenvalue weighted by Gasteiger charge is 2.50. The molecule has 0 bridgehead atoms. The topological polar surface area (TPSA) is 29.5 Å². The Bertz CT molecular complexity index is 3760. The predicted molar refractivity (Wildman–Crippen MR) is 255 cm³/mol. The van der Waals surface area contributed by atoms with Crippen LogP contribution >= 0.6 is 0 Å². The van der Waals surface area contributed by atoms with E-state index in [2.05, 4.69) is 205 Å². The standard InChI is InChI=1S/C59H35NO2/c1-2-16-38(17-3-1)60(52-28-13-23-44-43-20-6-9-29-53(43)61-57(44)52)39-32-30-36(31-33-39)40-21-12-22-45-46-34-35-51-55(58(46)62-56(40)45)47-24-10-14-37-15-11-27-50(54(37)47)59(51)48-25-7-4-18-41(48)42-19-5-8-26-49(42)59/h1-35H. The van der Waals surface area contributed by atoms with Crippen LogP contribution in [-0.2, 0) is 5.41 Å². The van der Waals surface area contributed by atoms with Crippen LogP contribution in [0.15, 0.2) is 221 Å². The lowest BCUT2D eigenvalue weighted by Gasteiger charge is -2.39. The van der Waals surface area contributed by atoms with Gasteiger partial charge in [0, 0.05) is 44.0 Å². The number of nitrogens with zero attached hydrogens (tertiary/aromatic N) is 1. The van der Waals surface area contributed by atoms with Gasteiger partial charge >= 0.3 is 0 Å². The molecule has 2 aliphatic rings. The number of furan rings is 2. The Morgan fingerprint density at radius 2 is 0.919 bits per heavy atom. The monoisotopic (exact) mass is 789 g/mol. The predicted octanol–water partition coefficient (Wildman–Crippen LogP) is 16.1. The van der Waals surface area contributed by atoms with Gasteiger partial charge in [0.2, 0.25) is 0 Å². The summed E-state index contributed by atoms with van der Waals surface area (Å²) in [6.45, 7) is 0. The lowest BCUT2D eigenvalue weighted by atomic mass is 9.61. The van der Waals surface area contributed by atoms with E-state index in [1.54, 1.807) is 0 Å². The van der Waals surface area contributed by atoms with Crippen molar-refractivity contribution in [1.29, 1.82) is 0 Å². The number of fused-ring (bicyclic) bond motifs is 16. The molecule has 12 aromatic rings. The molecular formula is C59H35NO2. The molecule has 0 fully saturated rings. The number of benzene rings is 10. The molecule has 0 atom stereocenters. The third kappa shape index (κ3) is 4.34. The third-order valence-electron chi connectivity index (χ3n) is 13.7. The van der Waals surface area contributed by atoms with Gasteiger partial charge in [-0.05, 0) is 91.7 Å². The van der Waals surface area contributed by atoms with Gasteiger partial charge in [-0.1, -0.05) is 176 Å². The van der Waals surface area contributed by atoms with Crippen molar-refractivity contribution in [1.82, 2.24) is 0 Å². The first-order valence-electron chi connectivity index (χ1n) is 21.3. The van der Waals surface area contributed by atoms with Crippen molar-refractivity contribution in [2.45, 2.75) is 5.41 Å². The Kier molecular flexibility index (Phi) is 6.76. The van der Waals surface area contributed by atoms with Crippen LogP contribution in [0.2, 0.25) is 0 Å². The molecule has 14 rings (SSSR count). The summed E-state index contributed by atoms with van der Waals surface area (Å²) in [6.07, 6.45) is 0. The normalized spacial score (nSPS) is 13.3. The van der Waals surface area contributed by atoms with E-state index in [0.29, 0.717) is 0 Å². The van der Waals surface area contributed by atoms with E-state index >= 15 is 0 Å². The highest BCUT2D eigenvalue weighted by Crippen LogP contribution is 2.63. The summed E-state index contributed by atoms with van der Waals surface area (Å²) >= 11 is 0. The van der Waals surface area contributed by atoms with Crippen molar-refractivity contribution in [2.24, 2.45) is 0 Å². The minimum absolute atomic E-state index is 0.500. The largest absolute Gasteiger partial charge is 0.455 e. The Morgan fingerprint density at radius 3 is 1.73 bits per heavy atom. The molecule has 62 heavy (non-hydrogen) atoms. The first-order valence-corrected chi connectivity index (χ1v) is 21.3. The molecule has 0 unspecified atom stereocenters. The second-order valence-corrected chi connectivity index (χ2v) is 16.7. The highest BCUT2D eigenvalue weighted by molar-refractivity contribution is 6.18. The summed E-state index contributed by atoms with van der Waals surface area (Å²) in [4.78, 5) is 2.29. The zero-order valence-corrected chi connectivity index (χ0v) is 33.5. The maximum atomic E-state index is 7.33. The summed E-state index contributed by atoms with van der Waals surface area (Å²) < 4.78 is 13.9. The van der Waals surface area contributed by atoms with Crippen LogP contribution in [0, 0.1) is 0 Å². The van der Waals surface area contributed by atoms with Crippen LogP contribution in [0.4, 0.5) is 17.1 Å². The van der Waals surface area contributed by atoms with Gasteiger partial charge in [-0.2, -0.15) is 0 Å². The first-order chi connectivity index (χ1) is 30.8. The summed E-state index contributed by atoms with van der Waals surface area (Å²) in [5, 5.41) is 6.97. The van der Waals surface area contributed by atoms with Crippen LogP contribution in [0.5, 0.6) is 0 Å². The lowest BCUT2D eigenvalue weighted by molar-refractivity contribution is 0.667. The number of hydrogen-bond donors (Lipinski definition) is 0. The van der Waals surface area contributed by atoms with Crippen molar-refractivity contribution in [3.63, 3.8) is 0 Å². The van der Waals surface area contributed by atoms with Gasteiger partial charge < -0.3 is 13.7 Å². The van der Waals surface area contributed by atoms with Crippen LogP contribution in [-0.4, -0.2) is 0 Å². The van der Waals surface area contributed by atoms with Gasteiger partial charge in [0.25, 0.3) is 0 Å². The molecule has 2 aliphatic carbocycles. The van der Waals surface area contributed by atoms with Crippen LogP contribution in [0.1, 0.15) is 22.3 Å². The Balaban J connectivity index is 0.975. The van der Waals surface area contributed by atoms with Crippen LogP contribution in [0.25, 0.3) is 88.0 Å². The van der Waals surface area contributed by atoms with E-state index in [-0.39, 0.29) is 0 Å². The fourth-order valence-electron chi connectivity index (χ4n) is 11.2. The summed E-state index contributed by atoms with van der Waals surface area (Å²) in [6, 6.07) is 76.9. The average Bonchev–Trinajstić information content (AvgIpc) is 4.01. The molecule has 2 aromatic heterocycles. The Labute approximate surface area is 357 Å². The molecular weight excluding hydrogens is 755 g/mol. The Hall–Kier alpha value is -8.14. The smallest absolute Gasteiger partial charge is 0.159 e. The van der Waals surface area contributed by atoms with E-state index < -0.39 is 5.41 Å². The molecule has 1 spiro atoms. The molecule has 0 N–H and O–H groups in total. The minimum atomic E-state index is -0.500. The van der Waals surface area contributed by atoms with E-state index in [1.165, 1.54) is 55.3 Å². The average molecular weight is 790 g/mol. The number of rotatable bonds is 4. The summed E-state index contributed by atoms with van der Waals surface area (Å²) in [5.74, 6) is 0. The minimum Gasteiger partial charge on any atom is -0.455 e. The zero-order chi connectivity index (χ0) is 40.5. The number of anilines is 3. The zero-order valence-electron chi connectivity index (χ0n) is 33.5. The summed E-state index contributed by atoms with van der Waals surface area (Å²) in [7, 11) is 0. The molecule has 288 valence electrons. The van der Waals surface area contributed by atoms with Gasteiger partial charge in [0.1, 0.15) is 16.7 Å². The van der Waals surface area contributed by atoms with E-state index in [0.717, 1.165) is 72.1 Å². The molecule has 0 saturated heterocycles. The fraction of sp³-hybridized carbons (Fsp3) is 0.0169. The van der Waals surface area contributed by atoms with Crippen molar-refractivity contribution >= 4 is 71.7 Å². The Morgan fingerprint density at radius 1 is 0.339 bits per heavy atom. The van der Waals surface area contributed by atoms with Crippen molar-refractivity contribution in [2.75, 3.05) is 4.90 Å². The molecule has 3 heteroatoms. The molecule has 0 saturated carbocycles. The second-order valence-electron chi connectivity index (χ2n) is 16.7. The fourth-order valence-corrected chi connectivity index (χ4v) is 11.2. The second kappa shape index (κ2) is 12.4. The number of hydrogen-bond acceptors (Lipinski definition) is 3. The quantitative estimate of drug-likeness (QED) is 0.178. The SMILES string of the molecule is c1ccc(N(c2ccc(-c3cccc4c3oc3c5c(ccc34)C3(c4ccccc4-c4ccccc43)c3cccc4cccc-5c34)cc2)c2cccc3c2oc2ccccc23)cc1. The molecule has 0 aliphatic heterocycles. The van der Waals surface area contributed by atoms with Gasteiger partial charge in [-0.15, -0.1) is 0 Å². The molecule has 0 radical (unpaired) electrons. The molecule has 10 aromatic carbocycles. The van der Waals surface area contributed by atoms with Gasteiger partial charge in [-0.3, -0.25) is 0 Å². The van der Waals surface area contributed by atoms with Crippen molar-refractivity contribution in [3.8, 4) is 33.4 Å². The highest BCUT2D eigenvalue weighted by atomic mass is 16.3. The van der Waals surface area contributed by atoms with E-state index in [9.17, 15) is 0 Å². The first kappa shape index (κ1) is 33.7. The van der Waals surface area contributed by atoms with Crippen LogP contribution in [0.3, 0.4) is 0 Å². The van der Waals surface area contributed by atoms with Crippen LogP contribution < -0.4 is 4.90 Å². The van der Waals surface area contributed by atoms with Gasteiger partial charge in [0.05, 0.1) is 11.1 Å². The van der Waals surface area contributed by atoms with Crippen molar-refractivity contribution in [3.05, 3.63) is 235 Å². The van der Waals surface area contributed by atoms with Gasteiger partial charge in [0.15, 0.2) is 5.58 Å². The van der Waals surface area contributed by atoms with E-state index in [1.807, 2.05) is 12.1 Å². The third-order valence-corrected chi connectivity index (χ3v) is 13.7. The lowest BCUT2D eigenvalue weighted by Crippen LogP contribution is -2.31. The molecule has 0 amide bonds. The van der Waals surface area contributed by atoms with Gasteiger partial charge in [-0.25, -0.2) is 0 Å². The molecule has 2 heterocycles. The maximum Gasteiger partial charge on any atom is 0.159 e. The number of para-hydroxylation sites is 4. The molecule has 3 nitrogen and oxygen atoms in total.